The first-order valence-electron chi connectivity index (χ1n) is 10.00. The molecule has 2 aromatic heterocycles. The van der Waals surface area contributed by atoms with E-state index in [0.717, 1.165) is 53.6 Å². The number of fused-ring (bicyclic) bond motifs is 4. The Morgan fingerprint density at radius 2 is 2.14 bits per heavy atom. The molecule has 1 atom stereocenters. The molecule has 0 saturated heterocycles. The molecule has 2 heterocycles. The number of anilines is 1. The molecule has 144 valence electrons. The molecule has 0 aliphatic heterocycles. The van der Waals surface area contributed by atoms with Crippen molar-refractivity contribution in [1.82, 2.24) is 9.55 Å². The van der Waals surface area contributed by atoms with Gasteiger partial charge in [-0.15, -0.1) is 11.3 Å². The van der Waals surface area contributed by atoms with Crippen LogP contribution < -0.4 is 10.9 Å². The van der Waals surface area contributed by atoms with E-state index in [1.54, 1.807) is 11.3 Å². The molecule has 1 N–H and O–H groups in total. The maximum absolute atomic E-state index is 13.0. The maximum atomic E-state index is 13.0. The van der Waals surface area contributed by atoms with E-state index >= 15 is 0 Å². The van der Waals surface area contributed by atoms with Gasteiger partial charge in [-0.2, -0.15) is 0 Å². The van der Waals surface area contributed by atoms with Gasteiger partial charge in [-0.1, -0.05) is 13.0 Å². The number of thiophene rings is 1. The minimum absolute atomic E-state index is 0.0140. The maximum Gasteiger partial charge on any atom is 0.262 e. The normalized spacial score (nSPS) is 18.1. The molecule has 0 radical (unpaired) electrons. The van der Waals surface area contributed by atoms with Crippen LogP contribution in [0.3, 0.4) is 0 Å². The summed E-state index contributed by atoms with van der Waals surface area (Å²) in [6, 6.07) is 6.10. The van der Waals surface area contributed by atoms with Crippen LogP contribution in [0.4, 0.5) is 5.69 Å². The molecule has 28 heavy (non-hydrogen) atoms. The zero-order chi connectivity index (χ0) is 19.3. The van der Waals surface area contributed by atoms with Crippen molar-refractivity contribution in [2.24, 2.45) is 5.92 Å². The number of nitrogens with one attached hydrogen (secondary N) is 1. The SMILES string of the molecule is CC1CCc2c(sc3ncn(CC(=O)Nc4ccc5c(c4)CCC5)c(=O)c23)C1. The van der Waals surface area contributed by atoms with E-state index in [1.807, 2.05) is 6.07 Å². The summed E-state index contributed by atoms with van der Waals surface area (Å²) in [6.07, 6.45) is 7.94. The molecule has 6 heteroatoms. The number of aromatic nitrogens is 2. The Morgan fingerprint density at radius 3 is 3.04 bits per heavy atom. The van der Waals surface area contributed by atoms with Gasteiger partial charge < -0.3 is 5.32 Å². The van der Waals surface area contributed by atoms with Gasteiger partial charge in [-0.3, -0.25) is 14.2 Å². The highest BCUT2D eigenvalue weighted by atomic mass is 32.1. The second-order valence-electron chi connectivity index (χ2n) is 8.09. The van der Waals surface area contributed by atoms with Gasteiger partial charge >= 0.3 is 0 Å². The predicted octanol–water partition coefficient (Wildman–Crippen LogP) is 3.71. The van der Waals surface area contributed by atoms with Gasteiger partial charge in [0.25, 0.3) is 5.56 Å². The monoisotopic (exact) mass is 393 g/mol. The molecule has 0 saturated carbocycles. The standard InChI is InChI=1S/C22H23N3O2S/c1-13-5-8-17-18(9-13)28-21-20(17)22(27)25(12-23-21)11-19(26)24-16-7-6-14-3-2-4-15(14)10-16/h6-7,10,12-13H,2-5,8-9,11H2,1H3,(H,24,26). The first kappa shape index (κ1) is 17.6. The van der Waals surface area contributed by atoms with Crippen LogP contribution in [0.25, 0.3) is 10.2 Å². The minimum Gasteiger partial charge on any atom is -0.325 e. The summed E-state index contributed by atoms with van der Waals surface area (Å²) in [5.74, 6) is 0.458. The fourth-order valence-electron chi connectivity index (χ4n) is 4.48. The summed E-state index contributed by atoms with van der Waals surface area (Å²) in [5, 5.41) is 3.66. The minimum atomic E-state index is -0.195. The van der Waals surface area contributed by atoms with Crippen LogP contribution in [0.5, 0.6) is 0 Å². The number of nitrogens with zero attached hydrogens (tertiary/aromatic N) is 2. The number of carbonyl (C=O) groups is 1. The Hall–Kier alpha value is -2.47. The van der Waals surface area contributed by atoms with E-state index in [4.69, 9.17) is 0 Å². The summed E-state index contributed by atoms with van der Waals surface area (Å²) in [7, 11) is 0. The number of benzene rings is 1. The van der Waals surface area contributed by atoms with Crippen LogP contribution in [0, 0.1) is 5.92 Å². The molecule has 2 aliphatic rings. The Morgan fingerprint density at radius 1 is 1.29 bits per heavy atom. The smallest absolute Gasteiger partial charge is 0.262 e. The van der Waals surface area contributed by atoms with E-state index in [-0.39, 0.29) is 18.0 Å². The molecule has 1 amide bonds. The summed E-state index contributed by atoms with van der Waals surface area (Å²) < 4.78 is 1.44. The molecule has 1 unspecified atom stereocenters. The number of amides is 1. The number of aryl methyl sites for hydroxylation is 3. The van der Waals surface area contributed by atoms with Crippen LogP contribution in [-0.2, 0) is 37.0 Å². The molecule has 0 bridgehead atoms. The van der Waals surface area contributed by atoms with Crippen molar-refractivity contribution in [2.45, 2.75) is 52.0 Å². The fourth-order valence-corrected chi connectivity index (χ4v) is 5.82. The molecule has 3 aromatic rings. The third-order valence-electron chi connectivity index (χ3n) is 5.98. The highest BCUT2D eigenvalue weighted by Crippen LogP contribution is 2.35. The lowest BCUT2D eigenvalue weighted by atomic mass is 9.89. The Bertz CT molecular complexity index is 1140. The average Bonchev–Trinajstić information content (AvgIpc) is 3.27. The van der Waals surface area contributed by atoms with Crippen molar-refractivity contribution in [3.63, 3.8) is 0 Å². The van der Waals surface area contributed by atoms with E-state index in [2.05, 4.69) is 29.4 Å². The average molecular weight is 394 g/mol. The Labute approximate surface area is 167 Å². The van der Waals surface area contributed by atoms with Crippen molar-refractivity contribution in [3.8, 4) is 0 Å². The van der Waals surface area contributed by atoms with Crippen molar-refractivity contribution in [1.29, 1.82) is 0 Å². The quantitative estimate of drug-likeness (QED) is 0.738. The van der Waals surface area contributed by atoms with Crippen LogP contribution in [0.15, 0.2) is 29.3 Å². The zero-order valence-electron chi connectivity index (χ0n) is 16.0. The summed E-state index contributed by atoms with van der Waals surface area (Å²) >= 11 is 1.63. The molecular formula is C22H23N3O2S. The lowest BCUT2D eigenvalue weighted by Crippen LogP contribution is -2.28. The second kappa shape index (κ2) is 6.85. The third kappa shape index (κ3) is 3.05. The molecule has 0 spiro atoms. The molecule has 5 nitrogen and oxygen atoms in total. The van der Waals surface area contributed by atoms with Crippen molar-refractivity contribution in [3.05, 3.63) is 56.4 Å². The summed E-state index contributed by atoms with van der Waals surface area (Å²) in [5.41, 5.74) is 4.55. The summed E-state index contributed by atoms with van der Waals surface area (Å²) in [4.78, 5) is 32.2. The molecule has 1 aromatic carbocycles. The predicted molar refractivity (Wildman–Crippen MR) is 112 cm³/mol. The van der Waals surface area contributed by atoms with E-state index < -0.39 is 0 Å². The zero-order valence-corrected chi connectivity index (χ0v) is 16.8. The van der Waals surface area contributed by atoms with Crippen molar-refractivity contribution >= 4 is 33.1 Å². The first-order valence-corrected chi connectivity index (χ1v) is 10.8. The largest absolute Gasteiger partial charge is 0.325 e. The lowest BCUT2D eigenvalue weighted by Gasteiger charge is -2.17. The highest BCUT2D eigenvalue weighted by Gasteiger charge is 2.23. The number of rotatable bonds is 3. The fraction of sp³-hybridized carbons (Fsp3) is 0.409. The Balaban J connectivity index is 1.40. The van der Waals surface area contributed by atoms with Gasteiger partial charge in [-0.25, -0.2) is 4.98 Å². The first-order chi connectivity index (χ1) is 13.6. The van der Waals surface area contributed by atoms with Crippen LogP contribution in [-0.4, -0.2) is 15.5 Å². The molecular weight excluding hydrogens is 370 g/mol. The van der Waals surface area contributed by atoms with Gasteiger partial charge in [0.1, 0.15) is 11.4 Å². The van der Waals surface area contributed by atoms with Gasteiger partial charge in [0.15, 0.2) is 0 Å². The second-order valence-corrected chi connectivity index (χ2v) is 9.18. The summed E-state index contributed by atoms with van der Waals surface area (Å²) in [6.45, 7) is 2.24. The Kier molecular flexibility index (Phi) is 4.31. The van der Waals surface area contributed by atoms with Gasteiger partial charge in [0, 0.05) is 10.6 Å². The van der Waals surface area contributed by atoms with Gasteiger partial charge in [0.2, 0.25) is 5.91 Å². The number of carbonyl (C=O) groups excluding carboxylic acids is 1. The van der Waals surface area contributed by atoms with Gasteiger partial charge in [-0.05, 0) is 73.3 Å². The van der Waals surface area contributed by atoms with Crippen LogP contribution >= 0.6 is 11.3 Å². The molecule has 2 aliphatic carbocycles. The number of hydrogen-bond donors (Lipinski definition) is 1. The van der Waals surface area contributed by atoms with Crippen LogP contribution in [0.1, 0.15) is 41.3 Å². The van der Waals surface area contributed by atoms with Crippen molar-refractivity contribution in [2.75, 3.05) is 5.32 Å². The van der Waals surface area contributed by atoms with E-state index in [9.17, 15) is 9.59 Å². The lowest BCUT2D eigenvalue weighted by molar-refractivity contribution is -0.116. The number of hydrogen-bond acceptors (Lipinski definition) is 4. The van der Waals surface area contributed by atoms with Gasteiger partial charge in [0.05, 0.1) is 11.7 Å². The van der Waals surface area contributed by atoms with Crippen LogP contribution in [0.2, 0.25) is 0 Å². The topological polar surface area (TPSA) is 64.0 Å². The highest BCUT2D eigenvalue weighted by molar-refractivity contribution is 7.18. The molecule has 0 fully saturated rings. The molecule has 5 rings (SSSR count). The van der Waals surface area contributed by atoms with E-state index in [1.165, 1.54) is 33.3 Å². The third-order valence-corrected chi connectivity index (χ3v) is 7.14. The van der Waals surface area contributed by atoms with E-state index in [0.29, 0.717) is 5.92 Å². The van der Waals surface area contributed by atoms with Crippen molar-refractivity contribution < 1.29 is 4.79 Å².